The normalized spacial score (nSPS) is 14.3. The van der Waals surface area contributed by atoms with Crippen molar-refractivity contribution in [1.29, 1.82) is 0 Å². The molecule has 0 aromatic heterocycles. The second kappa shape index (κ2) is 39.2. The van der Waals surface area contributed by atoms with Crippen molar-refractivity contribution >= 4 is 19.8 Å². The molecule has 0 heterocycles. The van der Waals surface area contributed by atoms with E-state index >= 15 is 0 Å². The van der Waals surface area contributed by atoms with Crippen LogP contribution in [-0.4, -0.2) is 63.5 Å². The van der Waals surface area contributed by atoms with Crippen LogP contribution in [0.25, 0.3) is 0 Å². The molecule has 3 atom stereocenters. The highest BCUT2D eigenvalue weighted by molar-refractivity contribution is 7.46. The van der Waals surface area contributed by atoms with Gasteiger partial charge in [-0.15, -0.1) is 0 Å². The number of hydrogen-bond donors (Lipinski definition) is 4. The fraction of sp³-hybridized carbons (Fsp3) is 0.689. The Morgan fingerprint density at radius 2 is 1.04 bits per heavy atom. The minimum absolute atomic E-state index is 0.108. The lowest BCUT2D eigenvalue weighted by atomic mass is 10.0. The van der Waals surface area contributed by atoms with Crippen LogP contribution in [0.1, 0.15) is 168 Å². The molecule has 0 saturated heterocycles. The van der Waals surface area contributed by atoms with Gasteiger partial charge in [-0.3, -0.25) is 14.1 Å². The maximum Gasteiger partial charge on any atom is 0.469 e. The van der Waals surface area contributed by atoms with Gasteiger partial charge in [-0.2, -0.15) is 0 Å². The van der Waals surface area contributed by atoms with Crippen LogP contribution in [0.4, 0.5) is 0 Å². The first kappa shape index (κ1) is 53.4. The first-order chi connectivity index (χ1) is 27.1. The number of esters is 2. The summed E-state index contributed by atoms with van der Waals surface area (Å²) in [4.78, 5) is 42.9. The van der Waals surface area contributed by atoms with Crippen LogP contribution in [0, 0.1) is 0 Å². The van der Waals surface area contributed by atoms with Gasteiger partial charge in [-0.1, -0.05) is 145 Å². The van der Waals surface area contributed by atoms with Crippen LogP contribution in [0.2, 0.25) is 0 Å². The third-order valence-corrected chi connectivity index (χ3v) is 9.40. The molecule has 322 valence electrons. The highest BCUT2D eigenvalue weighted by atomic mass is 31.2. The van der Waals surface area contributed by atoms with E-state index in [1.54, 1.807) is 0 Å². The number of aliphatic hydroxyl groups is 2. The fourth-order valence-electron chi connectivity index (χ4n) is 5.61. The zero-order valence-electron chi connectivity index (χ0n) is 34.7. The maximum absolute atomic E-state index is 12.4. The molecule has 0 saturated carbocycles. The van der Waals surface area contributed by atoms with Crippen LogP contribution in [0.15, 0.2) is 72.9 Å². The summed E-state index contributed by atoms with van der Waals surface area (Å²) in [6.45, 7) is 3.29. The van der Waals surface area contributed by atoms with Gasteiger partial charge in [0.05, 0.1) is 18.8 Å². The number of carbonyl (C=O) groups is 2. The number of carbonyl (C=O) groups excluding carboxylic acids is 2. The summed E-state index contributed by atoms with van der Waals surface area (Å²) in [7, 11) is -4.84. The third kappa shape index (κ3) is 39.6. The Bertz CT molecular complexity index is 1170. The van der Waals surface area contributed by atoms with Gasteiger partial charge in [0.2, 0.25) is 0 Å². The number of rotatable bonds is 38. The molecule has 0 aliphatic carbocycles. The van der Waals surface area contributed by atoms with E-state index in [1.807, 2.05) is 18.2 Å². The monoisotopic (exact) mass is 809 g/mol. The third-order valence-electron chi connectivity index (χ3n) is 8.91. The van der Waals surface area contributed by atoms with E-state index in [0.717, 1.165) is 57.8 Å². The average Bonchev–Trinajstić information content (AvgIpc) is 3.16. The largest absolute Gasteiger partial charge is 0.469 e. The molecular weight excluding hydrogens is 731 g/mol. The second-order valence-corrected chi connectivity index (χ2v) is 15.5. The van der Waals surface area contributed by atoms with Crippen LogP contribution in [-0.2, 0) is 28.2 Å². The highest BCUT2D eigenvalue weighted by Crippen LogP contribution is 2.36. The van der Waals surface area contributed by atoms with E-state index in [1.165, 1.54) is 57.8 Å². The number of phosphoric acid groups is 1. The highest BCUT2D eigenvalue weighted by Gasteiger charge is 2.23. The molecule has 0 spiro atoms. The van der Waals surface area contributed by atoms with Crippen molar-refractivity contribution in [3.63, 3.8) is 0 Å². The molecule has 0 aromatic carbocycles. The Balaban J connectivity index is 4.15. The van der Waals surface area contributed by atoms with E-state index in [-0.39, 0.29) is 32.1 Å². The Kier molecular flexibility index (Phi) is 37.4. The molecule has 0 aliphatic heterocycles. The van der Waals surface area contributed by atoms with E-state index in [0.29, 0.717) is 6.42 Å². The molecule has 0 aromatic rings. The van der Waals surface area contributed by atoms with Gasteiger partial charge < -0.3 is 29.5 Å². The van der Waals surface area contributed by atoms with Gasteiger partial charge in [0.25, 0.3) is 0 Å². The quantitative estimate of drug-likeness (QED) is 0.0205. The SMILES string of the molecule is CC/C=C\C/C=C\C/C=C\C/C=C\C[C@@H](O)[C@H](O)CCCC(=O)O[C@H](COC(=O)CCCCCCCCCCC/C=C\C/C=C\CCCCC)COP(=O)(O)O. The zero-order valence-corrected chi connectivity index (χ0v) is 35.6. The molecule has 0 amide bonds. The van der Waals surface area contributed by atoms with Crippen molar-refractivity contribution < 1.29 is 48.2 Å². The Labute approximate surface area is 339 Å². The zero-order chi connectivity index (χ0) is 41.4. The van der Waals surface area contributed by atoms with Crippen LogP contribution in [0.5, 0.6) is 0 Å². The number of unbranched alkanes of at least 4 members (excludes halogenated alkanes) is 12. The predicted molar refractivity (Wildman–Crippen MR) is 228 cm³/mol. The minimum Gasteiger partial charge on any atom is -0.462 e. The van der Waals surface area contributed by atoms with Crippen molar-refractivity contribution in [2.75, 3.05) is 13.2 Å². The molecule has 0 fully saturated rings. The topological polar surface area (TPSA) is 160 Å². The Hall–Kier alpha value is -2.59. The number of allylic oxidation sites excluding steroid dienone is 11. The summed E-state index contributed by atoms with van der Waals surface area (Å²) in [6, 6.07) is 0. The lowest BCUT2D eigenvalue weighted by Crippen LogP contribution is -2.30. The fourth-order valence-corrected chi connectivity index (χ4v) is 5.97. The predicted octanol–water partition coefficient (Wildman–Crippen LogP) is 11.0. The summed E-state index contributed by atoms with van der Waals surface area (Å²) >= 11 is 0. The Morgan fingerprint density at radius 1 is 0.554 bits per heavy atom. The summed E-state index contributed by atoms with van der Waals surface area (Å²) < 4.78 is 26.2. The summed E-state index contributed by atoms with van der Waals surface area (Å²) in [6.07, 6.45) is 43.6. The molecule has 0 rings (SSSR count). The van der Waals surface area contributed by atoms with Gasteiger partial charge in [0, 0.05) is 12.8 Å². The maximum atomic E-state index is 12.4. The first-order valence-corrected chi connectivity index (χ1v) is 22.9. The average molecular weight is 809 g/mol. The molecule has 0 aliphatic rings. The smallest absolute Gasteiger partial charge is 0.462 e. The van der Waals surface area contributed by atoms with Crippen molar-refractivity contribution in [2.24, 2.45) is 0 Å². The standard InChI is InChI=1S/C45H77O10P/c1-3-5-7-9-11-13-15-17-18-19-20-21-22-23-25-27-29-31-33-37-44(48)53-39-41(40-54-56(50,51)52)55-45(49)38-34-36-43(47)42(46)35-32-30-28-26-24-16-14-12-10-8-6-4-2/h6,8,11-14,17-18,24,26,30,32,41-43,46-47H,3-5,7,9-10,15-16,19-23,25,27-29,31,33-40H2,1-2H3,(H2,50,51,52)/b8-6-,13-11-,14-12-,18-17-,26-24-,32-30-/t41-,42-,43-/m1/s1. The van der Waals surface area contributed by atoms with Crippen molar-refractivity contribution in [3.8, 4) is 0 Å². The molecule has 11 heteroatoms. The first-order valence-electron chi connectivity index (χ1n) is 21.4. The molecule has 4 N–H and O–H groups in total. The number of ether oxygens (including phenoxy) is 2. The van der Waals surface area contributed by atoms with Crippen molar-refractivity contribution in [1.82, 2.24) is 0 Å². The van der Waals surface area contributed by atoms with E-state index in [9.17, 15) is 24.4 Å². The van der Waals surface area contributed by atoms with E-state index < -0.39 is 51.3 Å². The number of hydrogen-bond acceptors (Lipinski definition) is 8. The lowest BCUT2D eigenvalue weighted by Gasteiger charge is -2.19. The summed E-state index contributed by atoms with van der Waals surface area (Å²) in [5, 5.41) is 20.6. The van der Waals surface area contributed by atoms with E-state index in [4.69, 9.17) is 19.3 Å². The number of aliphatic hydroxyl groups excluding tert-OH is 2. The van der Waals surface area contributed by atoms with Crippen LogP contribution < -0.4 is 0 Å². The van der Waals surface area contributed by atoms with E-state index in [2.05, 4.69) is 73.1 Å². The minimum atomic E-state index is -4.84. The van der Waals surface area contributed by atoms with Crippen LogP contribution >= 0.6 is 7.82 Å². The van der Waals surface area contributed by atoms with Gasteiger partial charge in [-0.25, -0.2) is 4.57 Å². The molecule has 0 unspecified atom stereocenters. The number of phosphoric ester groups is 1. The summed E-state index contributed by atoms with van der Waals surface area (Å²) in [5.74, 6) is -1.18. The Morgan fingerprint density at radius 3 is 1.59 bits per heavy atom. The van der Waals surface area contributed by atoms with Crippen LogP contribution in [0.3, 0.4) is 0 Å². The molecule has 0 radical (unpaired) electrons. The van der Waals surface area contributed by atoms with Gasteiger partial charge in [0.15, 0.2) is 6.10 Å². The van der Waals surface area contributed by atoms with Gasteiger partial charge >= 0.3 is 19.8 Å². The van der Waals surface area contributed by atoms with Gasteiger partial charge in [0.1, 0.15) is 6.61 Å². The summed E-state index contributed by atoms with van der Waals surface area (Å²) in [5.41, 5.74) is 0. The molecule has 56 heavy (non-hydrogen) atoms. The molecule has 0 bridgehead atoms. The van der Waals surface area contributed by atoms with Crippen molar-refractivity contribution in [2.45, 2.75) is 186 Å². The molecule has 10 nitrogen and oxygen atoms in total. The molecular formula is C45H77O10P. The van der Waals surface area contributed by atoms with Gasteiger partial charge in [-0.05, 0) is 83.5 Å². The van der Waals surface area contributed by atoms with Crippen molar-refractivity contribution in [3.05, 3.63) is 72.9 Å². The second-order valence-electron chi connectivity index (χ2n) is 14.2. The lowest BCUT2D eigenvalue weighted by molar-refractivity contribution is -0.161.